The van der Waals surface area contributed by atoms with Crippen LogP contribution in [-0.4, -0.2) is 47.7 Å². The Hall–Kier alpha value is -1.07. The van der Waals surface area contributed by atoms with Gasteiger partial charge in [-0.25, -0.2) is 0 Å². The van der Waals surface area contributed by atoms with E-state index in [0.29, 0.717) is 6.42 Å². The summed E-state index contributed by atoms with van der Waals surface area (Å²) in [5, 5.41) is 13.7. The lowest BCUT2D eigenvalue weighted by Gasteiger charge is -2.36. The van der Waals surface area contributed by atoms with E-state index >= 15 is 0 Å². The standard InChI is InChI=1S/C15H22N2O2S/c18-13(12-15(19)5-1-2-6-15)16-7-9-17(10-8-16)14-4-3-11-20-14/h3-4,11,19H,1-2,5-10,12H2. The summed E-state index contributed by atoms with van der Waals surface area (Å²) in [7, 11) is 0. The first kappa shape index (κ1) is 13.9. The molecule has 0 spiro atoms. The minimum absolute atomic E-state index is 0.125. The van der Waals surface area contributed by atoms with Gasteiger partial charge in [0.2, 0.25) is 5.91 Å². The number of nitrogens with zero attached hydrogens (tertiary/aromatic N) is 2. The molecule has 2 aliphatic rings. The van der Waals surface area contributed by atoms with E-state index in [9.17, 15) is 9.90 Å². The molecular formula is C15H22N2O2S. The van der Waals surface area contributed by atoms with Crippen molar-refractivity contribution in [3.63, 3.8) is 0 Å². The topological polar surface area (TPSA) is 43.8 Å². The van der Waals surface area contributed by atoms with Gasteiger partial charge in [-0.15, -0.1) is 11.3 Å². The highest BCUT2D eigenvalue weighted by atomic mass is 32.1. The van der Waals surface area contributed by atoms with Crippen molar-refractivity contribution in [1.29, 1.82) is 0 Å². The molecule has 1 aliphatic heterocycles. The van der Waals surface area contributed by atoms with Crippen LogP contribution in [0.25, 0.3) is 0 Å². The highest BCUT2D eigenvalue weighted by Crippen LogP contribution is 2.33. The zero-order chi connectivity index (χ0) is 14.0. The van der Waals surface area contributed by atoms with Crippen molar-refractivity contribution < 1.29 is 9.90 Å². The van der Waals surface area contributed by atoms with E-state index in [1.54, 1.807) is 11.3 Å². The van der Waals surface area contributed by atoms with Crippen molar-refractivity contribution in [2.24, 2.45) is 0 Å². The van der Waals surface area contributed by atoms with E-state index in [4.69, 9.17) is 0 Å². The fourth-order valence-electron chi connectivity index (χ4n) is 3.23. The van der Waals surface area contributed by atoms with E-state index in [-0.39, 0.29) is 5.91 Å². The normalized spacial score (nSPS) is 22.2. The molecule has 1 saturated heterocycles. The number of carbonyl (C=O) groups is 1. The van der Waals surface area contributed by atoms with Gasteiger partial charge in [0.15, 0.2) is 0 Å². The summed E-state index contributed by atoms with van der Waals surface area (Å²) in [5.41, 5.74) is -0.720. The third-order valence-corrected chi connectivity index (χ3v) is 5.39. The summed E-state index contributed by atoms with van der Waals surface area (Å²) in [6.07, 6.45) is 3.99. The Kier molecular flexibility index (Phi) is 3.98. The zero-order valence-electron chi connectivity index (χ0n) is 11.8. The van der Waals surface area contributed by atoms with Gasteiger partial charge in [-0.1, -0.05) is 12.8 Å². The Labute approximate surface area is 124 Å². The van der Waals surface area contributed by atoms with Crippen molar-refractivity contribution in [2.75, 3.05) is 31.1 Å². The van der Waals surface area contributed by atoms with Gasteiger partial charge in [-0.05, 0) is 30.4 Å². The van der Waals surface area contributed by atoms with Crippen LogP contribution in [0.1, 0.15) is 32.1 Å². The molecule has 3 rings (SSSR count). The van der Waals surface area contributed by atoms with Gasteiger partial charge in [0.05, 0.1) is 17.0 Å². The SMILES string of the molecule is O=C(CC1(O)CCCC1)N1CCN(c2cccs2)CC1. The Balaban J connectivity index is 1.51. The maximum absolute atomic E-state index is 12.3. The molecule has 0 atom stereocenters. The molecule has 1 aromatic rings. The number of piperazine rings is 1. The van der Waals surface area contributed by atoms with Gasteiger partial charge in [0.1, 0.15) is 0 Å². The molecule has 1 saturated carbocycles. The number of amides is 1. The summed E-state index contributed by atoms with van der Waals surface area (Å²) in [6, 6.07) is 4.19. The van der Waals surface area contributed by atoms with Gasteiger partial charge in [-0.3, -0.25) is 4.79 Å². The molecule has 0 aromatic carbocycles. The van der Waals surface area contributed by atoms with Crippen LogP contribution in [0.2, 0.25) is 0 Å². The summed E-state index contributed by atoms with van der Waals surface area (Å²) < 4.78 is 0. The molecule has 1 amide bonds. The molecule has 1 aromatic heterocycles. The van der Waals surface area contributed by atoms with Crippen LogP contribution in [-0.2, 0) is 4.79 Å². The van der Waals surface area contributed by atoms with E-state index in [0.717, 1.165) is 51.9 Å². The monoisotopic (exact) mass is 294 g/mol. The van der Waals surface area contributed by atoms with Gasteiger partial charge >= 0.3 is 0 Å². The zero-order valence-corrected chi connectivity index (χ0v) is 12.6. The smallest absolute Gasteiger partial charge is 0.225 e. The Morgan fingerprint density at radius 1 is 1.25 bits per heavy atom. The molecule has 20 heavy (non-hydrogen) atoms. The maximum atomic E-state index is 12.3. The third-order valence-electron chi connectivity index (χ3n) is 4.46. The molecule has 2 heterocycles. The van der Waals surface area contributed by atoms with Crippen LogP contribution < -0.4 is 4.90 Å². The van der Waals surface area contributed by atoms with E-state index < -0.39 is 5.60 Å². The highest BCUT2D eigenvalue weighted by molar-refractivity contribution is 7.14. The van der Waals surface area contributed by atoms with Crippen molar-refractivity contribution in [1.82, 2.24) is 4.90 Å². The number of aliphatic hydroxyl groups is 1. The lowest BCUT2D eigenvalue weighted by Crippen LogP contribution is -2.50. The first-order valence-corrected chi connectivity index (χ1v) is 8.33. The van der Waals surface area contributed by atoms with Crippen molar-refractivity contribution in [3.8, 4) is 0 Å². The largest absolute Gasteiger partial charge is 0.389 e. The summed E-state index contributed by atoms with van der Waals surface area (Å²) in [5.74, 6) is 0.125. The molecule has 4 nitrogen and oxygen atoms in total. The highest BCUT2D eigenvalue weighted by Gasteiger charge is 2.35. The second kappa shape index (κ2) is 5.74. The molecular weight excluding hydrogens is 272 g/mol. The molecule has 5 heteroatoms. The van der Waals surface area contributed by atoms with E-state index in [2.05, 4.69) is 22.4 Å². The number of thiophene rings is 1. The Bertz CT molecular complexity index is 446. The van der Waals surface area contributed by atoms with Crippen LogP contribution in [0.15, 0.2) is 17.5 Å². The van der Waals surface area contributed by atoms with Crippen LogP contribution in [0, 0.1) is 0 Å². The maximum Gasteiger partial charge on any atom is 0.225 e. The number of hydrogen-bond acceptors (Lipinski definition) is 4. The van der Waals surface area contributed by atoms with E-state index in [1.165, 1.54) is 5.00 Å². The number of anilines is 1. The fourth-order valence-corrected chi connectivity index (χ4v) is 4.01. The fraction of sp³-hybridized carbons (Fsp3) is 0.667. The predicted molar refractivity (Wildman–Crippen MR) is 81.1 cm³/mol. The minimum Gasteiger partial charge on any atom is -0.389 e. The molecule has 1 N–H and O–H groups in total. The average Bonchev–Trinajstić information content (AvgIpc) is 3.10. The average molecular weight is 294 g/mol. The third kappa shape index (κ3) is 2.99. The van der Waals surface area contributed by atoms with Crippen molar-refractivity contribution in [2.45, 2.75) is 37.7 Å². The Morgan fingerprint density at radius 2 is 1.95 bits per heavy atom. The van der Waals surface area contributed by atoms with Crippen LogP contribution in [0.5, 0.6) is 0 Å². The quantitative estimate of drug-likeness (QED) is 0.928. The first-order valence-electron chi connectivity index (χ1n) is 7.45. The van der Waals surface area contributed by atoms with Crippen molar-refractivity contribution in [3.05, 3.63) is 17.5 Å². The van der Waals surface area contributed by atoms with Gasteiger partial charge < -0.3 is 14.9 Å². The van der Waals surface area contributed by atoms with Gasteiger partial charge in [-0.2, -0.15) is 0 Å². The second-order valence-corrected chi connectivity index (χ2v) is 6.85. The van der Waals surface area contributed by atoms with Gasteiger partial charge in [0.25, 0.3) is 0 Å². The lowest BCUT2D eigenvalue weighted by atomic mass is 9.97. The van der Waals surface area contributed by atoms with E-state index in [1.807, 2.05) is 4.90 Å². The molecule has 2 fully saturated rings. The minimum atomic E-state index is -0.720. The number of rotatable bonds is 3. The second-order valence-electron chi connectivity index (χ2n) is 5.93. The molecule has 1 aliphatic carbocycles. The van der Waals surface area contributed by atoms with Gasteiger partial charge in [0, 0.05) is 26.2 Å². The molecule has 0 unspecified atom stereocenters. The number of hydrogen-bond donors (Lipinski definition) is 1. The predicted octanol–water partition coefficient (Wildman–Crippen LogP) is 2.09. The van der Waals surface area contributed by atoms with Crippen molar-refractivity contribution >= 4 is 22.2 Å². The Morgan fingerprint density at radius 3 is 2.55 bits per heavy atom. The van der Waals surface area contributed by atoms with Crippen LogP contribution in [0.4, 0.5) is 5.00 Å². The number of carbonyl (C=O) groups excluding carboxylic acids is 1. The van der Waals surface area contributed by atoms with Crippen LogP contribution >= 0.6 is 11.3 Å². The lowest BCUT2D eigenvalue weighted by molar-refractivity contribution is -0.136. The summed E-state index contributed by atoms with van der Waals surface area (Å²) >= 11 is 1.75. The summed E-state index contributed by atoms with van der Waals surface area (Å²) in [6.45, 7) is 3.33. The first-order chi connectivity index (χ1) is 9.66. The molecule has 0 bridgehead atoms. The molecule has 0 radical (unpaired) electrons. The summed E-state index contributed by atoms with van der Waals surface area (Å²) in [4.78, 5) is 16.6. The van der Waals surface area contributed by atoms with Crippen LogP contribution in [0.3, 0.4) is 0 Å². The molecule has 110 valence electrons.